The Morgan fingerprint density at radius 3 is 2.42 bits per heavy atom. The first-order valence-corrected chi connectivity index (χ1v) is 4.65. The minimum atomic E-state index is 0.621. The molecule has 2 nitrogen and oxygen atoms in total. The first-order valence-electron chi connectivity index (χ1n) is 4.65. The van der Waals surface area contributed by atoms with E-state index < -0.39 is 0 Å². The second-order valence-electron chi connectivity index (χ2n) is 3.61. The Hall–Kier alpha value is -0.340. The maximum atomic E-state index is 5.42. The number of nitrogens with zero attached hydrogens (tertiary/aromatic N) is 1. The molecule has 0 radical (unpaired) electrons. The molecule has 0 aromatic carbocycles. The molecule has 0 amide bonds. The van der Waals surface area contributed by atoms with E-state index in [9.17, 15) is 0 Å². The highest BCUT2D eigenvalue weighted by molar-refractivity contribution is 4.94. The average molecular weight is 170 g/mol. The van der Waals surface area contributed by atoms with Gasteiger partial charge in [-0.1, -0.05) is 12.2 Å². The van der Waals surface area contributed by atoms with Crippen molar-refractivity contribution in [3.05, 3.63) is 12.2 Å². The molecule has 2 heteroatoms. The lowest BCUT2D eigenvalue weighted by Crippen LogP contribution is -2.27. The molecule has 0 unspecified atom stereocenters. The Labute approximate surface area is 76.4 Å². The van der Waals surface area contributed by atoms with Gasteiger partial charge in [-0.25, -0.2) is 0 Å². The zero-order valence-corrected chi connectivity index (χ0v) is 8.64. The van der Waals surface area contributed by atoms with Gasteiger partial charge in [0, 0.05) is 12.6 Å². The second kappa shape index (κ2) is 6.21. The van der Waals surface area contributed by atoms with E-state index in [0.29, 0.717) is 6.04 Å². The lowest BCUT2D eigenvalue weighted by Gasteiger charge is -2.21. The van der Waals surface area contributed by atoms with Crippen molar-refractivity contribution in [2.45, 2.75) is 32.7 Å². The summed E-state index contributed by atoms with van der Waals surface area (Å²) in [7, 11) is 2.14. The molecular formula is C10H22N2. The van der Waals surface area contributed by atoms with Crippen LogP contribution in [0, 0.1) is 0 Å². The van der Waals surface area contributed by atoms with Gasteiger partial charge in [0.25, 0.3) is 0 Å². The van der Waals surface area contributed by atoms with Crippen molar-refractivity contribution in [2.75, 3.05) is 20.1 Å². The van der Waals surface area contributed by atoms with E-state index in [0.717, 1.165) is 25.9 Å². The van der Waals surface area contributed by atoms with Gasteiger partial charge < -0.3 is 10.6 Å². The first kappa shape index (κ1) is 11.7. The van der Waals surface area contributed by atoms with E-state index >= 15 is 0 Å². The highest BCUT2D eigenvalue weighted by atomic mass is 15.1. The van der Waals surface area contributed by atoms with Crippen LogP contribution in [0.25, 0.3) is 0 Å². The third-order valence-electron chi connectivity index (χ3n) is 2.20. The van der Waals surface area contributed by atoms with Crippen LogP contribution in [0.1, 0.15) is 26.7 Å². The summed E-state index contributed by atoms with van der Waals surface area (Å²) in [5.41, 5.74) is 6.69. The number of rotatable bonds is 6. The molecule has 0 fully saturated rings. The molecule has 0 saturated carbocycles. The molecule has 0 spiro atoms. The topological polar surface area (TPSA) is 29.3 Å². The highest BCUT2D eigenvalue weighted by Crippen LogP contribution is 2.04. The fraction of sp³-hybridized carbons (Fsp3) is 0.800. The fourth-order valence-corrected chi connectivity index (χ4v) is 0.922. The molecule has 0 heterocycles. The van der Waals surface area contributed by atoms with Crippen LogP contribution in [0.5, 0.6) is 0 Å². The van der Waals surface area contributed by atoms with E-state index in [-0.39, 0.29) is 0 Å². The van der Waals surface area contributed by atoms with Crippen molar-refractivity contribution in [1.29, 1.82) is 0 Å². The standard InChI is InChI=1S/C10H22N2/c1-9(2)12(4)8-6-10(3)5-7-11/h9H,3,5-8,11H2,1-2,4H3. The normalized spacial score (nSPS) is 11.2. The molecule has 0 aliphatic rings. The van der Waals surface area contributed by atoms with Crippen LogP contribution in [0.2, 0.25) is 0 Å². The summed E-state index contributed by atoms with van der Waals surface area (Å²) in [6, 6.07) is 0.621. The molecule has 2 N–H and O–H groups in total. The van der Waals surface area contributed by atoms with E-state index in [1.807, 2.05) is 0 Å². The van der Waals surface area contributed by atoms with Gasteiger partial charge in [0.1, 0.15) is 0 Å². The SMILES string of the molecule is C=C(CCN)CCN(C)C(C)C. The maximum Gasteiger partial charge on any atom is 0.00356 e. The van der Waals surface area contributed by atoms with Crippen molar-refractivity contribution < 1.29 is 0 Å². The molecule has 0 aliphatic carbocycles. The van der Waals surface area contributed by atoms with Gasteiger partial charge in [-0.3, -0.25) is 0 Å². The number of nitrogens with two attached hydrogens (primary N) is 1. The Kier molecular flexibility index (Phi) is 6.03. The third kappa shape index (κ3) is 5.33. The molecule has 0 saturated heterocycles. The van der Waals surface area contributed by atoms with E-state index in [1.165, 1.54) is 5.57 Å². The predicted molar refractivity (Wildman–Crippen MR) is 55.2 cm³/mol. The van der Waals surface area contributed by atoms with Gasteiger partial charge in [-0.15, -0.1) is 0 Å². The highest BCUT2D eigenvalue weighted by Gasteiger charge is 2.02. The lowest BCUT2D eigenvalue weighted by atomic mass is 10.1. The summed E-state index contributed by atoms with van der Waals surface area (Å²) in [5, 5.41) is 0. The van der Waals surface area contributed by atoms with Crippen molar-refractivity contribution in [1.82, 2.24) is 4.90 Å². The molecule has 0 bridgehead atoms. The third-order valence-corrected chi connectivity index (χ3v) is 2.20. The van der Waals surface area contributed by atoms with Crippen molar-refractivity contribution >= 4 is 0 Å². The van der Waals surface area contributed by atoms with Crippen LogP contribution in [0.15, 0.2) is 12.2 Å². The van der Waals surface area contributed by atoms with Crippen LogP contribution < -0.4 is 5.73 Å². The average Bonchev–Trinajstić information content (AvgIpc) is 2.00. The van der Waals surface area contributed by atoms with Crippen molar-refractivity contribution in [3.63, 3.8) is 0 Å². The summed E-state index contributed by atoms with van der Waals surface area (Å²) >= 11 is 0. The van der Waals surface area contributed by atoms with Gasteiger partial charge in [-0.2, -0.15) is 0 Å². The van der Waals surface area contributed by atoms with E-state index in [1.54, 1.807) is 0 Å². The molecular weight excluding hydrogens is 148 g/mol. The predicted octanol–water partition coefficient (Wildman–Crippen LogP) is 1.62. The van der Waals surface area contributed by atoms with Gasteiger partial charge in [0.15, 0.2) is 0 Å². The lowest BCUT2D eigenvalue weighted by molar-refractivity contribution is 0.276. The van der Waals surface area contributed by atoms with Crippen LogP contribution in [0.4, 0.5) is 0 Å². The van der Waals surface area contributed by atoms with Crippen LogP contribution in [0.3, 0.4) is 0 Å². The van der Waals surface area contributed by atoms with Crippen LogP contribution >= 0.6 is 0 Å². The smallest absolute Gasteiger partial charge is 0.00356 e. The molecule has 0 rings (SSSR count). The largest absolute Gasteiger partial charge is 0.330 e. The monoisotopic (exact) mass is 170 g/mol. The quantitative estimate of drug-likeness (QED) is 0.614. The van der Waals surface area contributed by atoms with E-state index in [2.05, 4.69) is 32.4 Å². The number of hydrogen-bond acceptors (Lipinski definition) is 2. The second-order valence-corrected chi connectivity index (χ2v) is 3.61. The Bertz CT molecular complexity index is 130. The van der Waals surface area contributed by atoms with Gasteiger partial charge in [-0.05, 0) is 40.3 Å². The number of hydrogen-bond donors (Lipinski definition) is 1. The van der Waals surface area contributed by atoms with E-state index in [4.69, 9.17) is 5.73 Å². The zero-order valence-electron chi connectivity index (χ0n) is 8.64. The summed E-state index contributed by atoms with van der Waals surface area (Å²) in [6.07, 6.45) is 2.04. The minimum absolute atomic E-state index is 0.621. The Balaban J connectivity index is 3.47. The van der Waals surface area contributed by atoms with Crippen LogP contribution in [-0.4, -0.2) is 31.1 Å². The summed E-state index contributed by atoms with van der Waals surface area (Å²) in [6.45, 7) is 10.2. The molecule has 0 aromatic heterocycles. The Morgan fingerprint density at radius 2 is 2.00 bits per heavy atom. The van der Waals surface area contributed by atoms with Gasteiger partial charge >= 0.3 is 0 Å². The Morgan fingerprint density at radius 1 is 1.42 bits per heavy atom. The molecule has 72 valence electrons. The molecule has 0 atom stereocenters. The molecule has 0 aliphatic heterocycles. The van der Waals surface area contributed by atoms with Crippen molar-refractivity contribution in [3.8, 4) is 0 Å². The van der Waals surface area contributed by atoms with Gasteiger partial charge in [0.2, 0.25) is 0 Å². The first-order chi connectivity index (χ1) is 5.57. The summed E-state index contributed by atoms with van der Waals surface area (Å²) in [5.74, 6) is 0. The maximum absolute atomic E-state index is 5.42. The van der Waals surface area contributed by atoms with Crippen molar-refractivity contribution in [2.24, 2.45) is 5.73 Å². The summed E-state index contributed by atoms with van der Waals surface area (Å²) in [4.78, 5) is 2.32. The van der Waals surface area contributed by atoms with Crippen LogP contribution in [-0.2, 0) is 0 Å². The fourth-order valence-electron chi connectivity index (χ4n) is 0.922. The zero-order chi connectivity index (χ0) is 9.56. The molecule has 0 aromatic rings. The molecule has 12 heavy (non-hydrogen) atoms. The van der Waals surface area contributed by atoms with Gasteiger partial charge in [0.05, 0.1) is 0 Å². The minimum Gasteiger partial charge on any atom is -0.330 e. The summed E-state index contributed by atoms with van der Waals surface area (Å²) < 4.78 is 0.